The summed E-state index contributed by atoms with van der Waals surface area (Å²) < 4.78 is 5.55. The van der Waals surface area contributed by atoms with Crippen LogP contribution in [0.15, 0.2) is 64.3 Å². The van der Waals surface area contributed by atoms with Gasteiger partial charge < -0.3 is 20.3 Å². The van der Waals surface area contributed by atoms with Gasteiger partial charge in [0.1, 0.15) is 5.75 Å². The van der Waals surface area contributed by atoms with Crippen LogP contribution in [0.4, 0.5) is 11.6 Å². The second-order valence-electron chi connectivity index (χ2n) is 8.35. The average molecular weight is 429 g/mol. The van der Waals surface area contributed by atoms with E-state index in [-0.39, 0.29) is 29.3 Å². The molecule has 1 aliphatic carbocycles. The summed E-state index contributed by atoms with van der Waals surface area (Å²) in [5, 5.41) is 20.5. The van der Waals surface area contributed by atoms with Gasteiger partial charge in [-0.1, -0.05) is 35.5 Å². The van der Waals surface area contributed by atoms with E-state index in [0.29, 0.717) is 30.0 Å². The van der Waals surface area contributed by atoms with Crippen molar-refractivity contribution in [3.8, 4) is 5.75 Å². The van der Waals surface area contributed by atoms with Crippen molar-refractivity contribution < 1.29 is 19.2 Å². The molecular formula is C25H23N3O4. The Kier molecular flexibility index (Phi) is 4.81. The summed E-state index contributed by atoms with van der Waals surface area (Å²) in [5.41, 5.74) is 5.48. The lowest BCUT2D eigenvalue weighted by atomic mass is 9.72. The van der Waals surface area contributed by atoms with E-state index in [4.69, 9.17) is 4.52 Å². The number of hydrogen-bond acceptors (Lipinski definition) is 6. The number of para-hydroxylation sites is 1. The quantitative estimate of drug-likeness (QED) is 0.562. The van der Waals surface area contributed by atoms with Crippen LogP contribution >= 0.6 is 0 Å². The van der Waals surface area contributed by atoms with Crippen molar-refractivity contribution in [3.63, 3.8) is 0 Å². The number of phenols is 1. The lowest BCUT2D eigenvalue weighted by molar-refractivity contribution is -0.116. The van der Waals surface area contributed by atoms with Gasteiger partial charge in [0.15, 0.2) is 5.78 Å². The molecule has 162 valence electrons. The Labute approximate surface area is 185 Å². The van der Waals surface area contributed by atoms with Crippen LogP contribution in [0.5, 0.6) is 5.75 Å². The predicted octanol–water partition coefficient (Wildman–Crippen LogP) is 4.61. The second kappa shape index (κ2) is 7.67. The highest BCUT2D eigenvalue weighted by Crippen LogP contribution is 2.49. The van der Waals surface area contributed by atoms with Crippen molar-refractivity contribution in [1.82, 2.24) is 5.16 Å². The fourth-order valence-electron chi connectivity index (χ4n) is 4.82. The number of nitrogens with one attached hydrogen (secondary N) is 2. The highest BCUT2D eigenvalue weighted by Gasteiger charge is 2.41. The zero-order valence-corrected chi connectivity index (χ0v) is 17.8. The van der Waals surface area contributed by atoms with Gasteiger partial charge in [-0.2, -0.15) is 0 Å². The number of benzene rings is 2. The number of carbonyl (C=O) groups excluding carboxylic acids is 2. The molecule has 1 amide bonds. The number of Topliss-reactive ketones (excluding diaryl/α,β-unsaturated/α-hetero) is 1. The molecule has 0 fully saturated rings. The molecule has 0 spiro atoms. The number of phenolic OH excluding ortho intramolecular Hbond substituents is 1. The number of carbonyl (C=O) groups is 2. The Morgan fingerprint density at radius 2 is 1.91 bits per heavy atom. The standard InChI is InChI=1S/C25H23N3O4/c1-13-22-23(15-7-9-17(10-8-15)26-14(2)29)24-19(27-25(22)32-28-13)11-16(12-21(24)31)18-5-3-4-6-20(18)30/h3-10,16,23,27,30H,11-12H2,1-2H3,(H,26,29)/t16-,23+/m0/s1. The number of ketones is 1. The van der Waals surface area contributed by atoms with Gasteiger partial charge in [-0.3, -0.25) is 9.59 Å². The van der Waals surface area contributed by atoms with Crippen LogP contribution in [0.25, 0.3) is 0 Å². The van der Waals surface area contributed by atoms with E-state index < -0.39 is 0 Å². The molecule has 5 rings (SSSR count). The minimum Gasteiger partial charge on any atom is -0.508 e. The number of anilines is 2. The third kappa shape index (κ3) is 3.36. The number of hydrogen-bond donors (Lipinski definition) is 3. The van der Waals surface area contributed by atoms with Gasteiger partial charge in [-0.15, -0.1) is 0 Å². The average Bonchev–Trinajstić information content (AvgIpc) is 3.13. The summed E-state index contributed by atoms with van der Waals surface area (Å²) in [7, 11) is 0. The van der Waals surface area contributed by atoms with E-state index in [1.54, 1.807) is 12.1 Å². The number of allylic oxidation sites excluding steroid dienone is 2. The topological polar surface area (TPSA) is 104 Å². The van der Waals surface area contributed by atoms with Gasteiger partial charge >= 0.3 is 0 Å². The van der Waals surface area contributed by atoms with Crippen LogP contribution in [-0.4, -0.2) is 22.0 Å². The summed E-state index contributed by atoms with van der Waals surface area (Å²) >= 11 is 0. The molecule has 3 N–H and O–H groups in total. The van der Waals surface area contributed by atoms with Gasteiger partial charge in [-0.05, 0) is 42.7 Å². The Morgan fingerprint density at radius 3 is 2.62 bits per heavy atom. The largest absolute Gasteiger partial charge is 0.508 e. The first-order valence-corrected chi connectivity index (χ1v) is 10.6. The van der Waals surface area contributed by atoms with Crippen LogP contribution in [0, 0.1) is 6.92 Å². The van der Waals surface area contributed by atoms with Crippen molar-refractivity contribution in [2.45, 2.75) is 38.5 Å². The molecule has 1 aromatic heterocycles. The molecule has 7 nitrogen and oxygen atoms in total. The molecular weight excluding hydrogens is 406 g/mol. The van der Waals surface area contributed by atoms with Crippen molar-refractivity contribution in [2.24, 2.45) is 0 Å². The Bertz CT molecular complexity index is 1260. The molecule has 2 heterocycles. The van der Waals surface area contributed by atoms with E-state index in [2.05, 4.69) is 15.8 Å². The maximum Gasteiger partial charge on any atom is 0.233 e. The van der Waals surface area contributed by atoms with Gasteiger partial charge in [0.25, 0.3) is 0 Å². The predicted molar refractivity (Wildman–Crippen MR) is 120 cm³/mol. The van der Waals surface area contributed by atoms with Crippen molar-refractivity contribution in [2.75, 3.05) is 10.6 Å². The van der Waals surface area contributed by atoms with Crippen LogP contribution in [0.1, 0.15) is 54.0 Å². The van der Waals surface area contributed by atoms with Crippen LogP contribution in [0.2, 0.25) is 0 Å². The molecule has 32 heavy (non-hydrogen) atoms. The molecule has 2 aromatic carbocycles. The third-order valence-electron chi connectivity index (χ3n) is 6.20. The molecule has 0 bridgehead atoms. The normalized spacial score (nSPS) is 19.8. The van der Waals surface area contributed by atoms with E-state index in [9.17, 15) is 14.7 Å². The first kappa shape index (κ1) is 20.1. The molecule has 0 unspecified atom stereocenters. The number of rotatable bonds is 3. The highest BCUT2D eigenvalue weighted by atomic mass is 16.5. The second-order valence-corrected chi connectivity index (χ2v) is 8.35. The van der Waals surface area contributed by atoms with Crippen molar-refractivity contribution in [3.05, 3.63) is 82.2 Å². The SMILES string of the molecule is CC(=O)Nc1ccc([C@H]2C3=C(C[C@H](c4ccccc4O)CC3=O)Nc3onc(C)c32)cc1. The molecule has 0 saturated carbocycles. The fraction of sp³-hybridized carbons (Fsp3) is 0.240. The molecule has 3 aromatic rings. The Hall–Kier alpha value is -3.87. The lowest BCUT2D eigenvalue weighted by Crippen LogP contribution is -2.29. The van der Waals surface area contributed by atoms with E-state index in [1.165, 1.54) is 6.92 Å². The first-order valence-electron chi connectivity index (χ1n) is 10.6. The summed E-state index contributed by atoms with van der Waals surface area (Å²) in [4.78, 5) is 24.8. The van der Waals surface area contributed by atoms with Crippen molar-refractivity contribution >= 4 is 23.3 Å². The van der Waals surface area contributed by atoms with Crippen molar-refractivity contribution in [1.29, 1.82) is 0 Å². The van der Waals surface area contributed by atoms with E-state index >= 15 is 0 Å². The lowest BCUT2D eigenvalue weighted by Gasteiger charge is -2.34. The maximum atomic E-state index is 13.5. The molecule has 2 aliphatic rings. The molecule has 1 aliphatic heterocycles. The first-order chi connectivity index (χ1) is 15.4. The number of amides is 1. The molecule has 0 saturated heterocycles. The van der Waals surface area contributed by atoms with Gasteiger partial charge in [0, 0.05) is 42.1 Å². The summed E-state index contributed by atoms with van der Waals surface area (Å²) in [6, 6.07) is 14.7. The van der Waals surface area contributed by atoms with Gasteiger partial charge in [-0.25, -0.2) is 0 Å². The molecule has 7 heteroatoms. The fourth-order valence-corrected chi connectivity index (χ4v) is 4.82. The number of aromatic hydroxyl groups is 1. The van der Waals surface area contributed by atoms with E-state index in [0.717, 1.165) is 28.1 Å². The number of aryl methyl sites for hydroxylation is 1. The Morgan fingerprint density at radius 1 is 1.16 bits per heavy atom. The number of nitrogens with zero attached hydrogens (tertiary/aromatic N) is 1. The zero-order chi connectivity index (χ0) is 22.4. The number of fused-ring (bicyclic) bond motifs is 1. The Balaban J connectivity index is 1.58. The van der Waals surface area contributed by atoms with Gasteiger partial charge in [0.05, 0.1) is 11.3 Å². The summed E-state index contributed by atoms with van der Waals surface area (Å²) in [5.74, 6) is 0.211. The van der Waals surface area contributed by atoms with Gasteiger partial charge in [0.2, 0.25) is 11.8 Å². The highest BCUT2D eigenvalue weighted by molar-refractivity contribution is 6.01. The minimum atomic E-state index is -0.309. The maximum absolute atomic E-state index is 13.5. The smallest absolute Gasteiger partial charge is 0.233 e. The third-order valence-corrected chi connectivity index (χ3v) is 6.20. The minimum absolute atomic E-state index is 0.0363. The zero-order valence-electron chi connectivity index (χ0n) is 17.8. The molecule has 0 radical (unpaired) electrons. The summed E-state index contributed by atoms with van der Waals surface area (Å²) in [6.07, 6.45) is 0.899. The van der Waals surface area contributed by atoms with Crippen LogP contribution in [-0.2, 0) is 9.59 Å². The molecule has 2 atom stereocenters. The monoisotopic (exact) mass is 429 g/mol. The van der Waals surface area contributed by atoms with Crippen LogP contribution in [0.3, 0.4) is 0 Å². The van der Waals surface area contributed by atoms with E-state index in [1.807, 2.05) is 43.3 Å². The number of aromatic nitrogens is 1. The summed E-state index contributed by atoms with van der Waals surface area (Å²) in [6.45, 7) is 3.33. The van der Waals surface area contributed by atoms with Crippen LogP contribution < -0.4 is 10.6 Å².